The van der Waals surface area contributed by atoms with Crippen molar-refractivity contribution in [3.8, 4) is 5.75 Å². The summed E-state index contributed by atoms with van der Waals surface area (Å²) in [4.78, 5) is 19.0. The third-order valence-electron chi connectivity index (χ3n) is 4.05. The number of benzene rings is 1. The molecule has 1 aromatic carbocycles. The van der Waals surface area contributed by atoms with Gasteiger partial charge in [0.05, 0.1) is 33.3 Å². The van der Waals surface area contributed by atoms with E-state index in [1.807, 2.05) is 0 Å². The third kappa shape index (κ3) is 5.06. The van der Waals surface area contributed by atoms with Crippen molar-refractivity contribution >= 4 is 28.0 Å². The molecule has 2 aromatic heterocycles. The topological polar surface area (TPSA) is 106 Å². The Morgan fingerprint density at radius 2 is 2.00 bits per heavy atom. The molecule has 0 aliphatic carbocycles. The van der Waals surface area contributed by atoms with Crippen LogP contribution in [-0.4, -0.2) is 37.7 Å². The maximum atomic E-state index is 13.0. The van der Waals surface area contributed by atoms with Crippen LogP contribution in [0.5, 0.6) is 5.75 Å². The molecule has 8 nitrogen and oxygen atoms in total. The number of fused-ring (bicyclic) bond motifs is 1. The standard InChI is InChI=1S/C18H16F3N3O5S/c1-11-13(22-7-6-15(11)28-9-18(19,20)21)8-30(27)16-23-12-4-2-3-5-14(12)24(16)10-29-17(25)26/h2-7H,8-10H2,1H3,(H,25,26)/p-1/t30-/m1/s1. The lowest BCUT2D eigenvalue weighted by Gasteiger charge is -2.14. The van der Waals surface area contributed by atoms with Gasteiger partial charge in [0.1, 0.15) is 12.5 Å². The molecule has 0 spiro atoms. The molecule has 0 bridgehead atoms. The van der Waals surface area contributed by atoms with Crippen molar-refractivity contribution in [2.45, 2.75) is 30.7 Å². The molecule has 0 N–H and O–H groups in total. The summed E-state index contributed by atoms with van der Waals surface area (Å²) in [6.45, 7) is -0.435. The number of carbonyl (C=O) groups excluding carboxylic acids is 1. The molecular weight excluding hydrogens is 427 g/mol. The maximum absolute atomic E-state index is 13.0. The van der Waals surface area contributed by atoms with E-state index >= 15 is 0 Å². The molecule has 0 aliphatic heterocycles. The van der Waals surface area contributed by atoms with Crippen LogP contribution >= 0.6 is 0 Å². The van der Waals surface area contributed by atoms with Crippen molar-refractivity contribution in [3.05, 3.63) is 47.8 Å². The van der Waals surface area contributed by atoms with Gasteiger partial charge in [-0.15, -0.1) is 0 Å². The van der Waals surface area contributed by atoms with Crippen LogP contribution < -0.4 is 9.84 Å². The molecule has 0 saturated heterocycles. The van der Waals surface area contributed by atoms with Gasteiger partial charge in [-0.3, -0.25) is 13.8 Å². The Balaban J connectivity index is 1.88. The maximum Gasteiger partial charge on any atom is 0.422 e. The summed E-state index contributed by atoms with van der Waals surface area (Å²) in [7, 11) is -1.81. The zero-order valence-electron chi connectivity index (χ0n) is 15.5. The number of aromatic nitrogens is 3. The predicted octanol–water partition coefficient (Wildman–Crippen LogP) is 2.31. The molecule has 0 amide bonds. The van der Waals surface area contributed by atoms with Crippen molar-refractivity contribution in [1.29, 1.82) is 0 Å². The van der Waals surface area contributed by atoms with Crippen LogP contribution in [-0.2, 0) is 28.0 Å². The van der Waals surface area contributed by atoms with Crippen molar-refractivity contribution in [1.82, 2.24) is 14.5 Å². The summed E-state index contributed by atoms with van der Waals surface area (Å²) in [5.74, 6) is -0.202. The highest BCUT2D eigenvalue weighted by atomic mass is 32.2. The smallest absolute Gasteiger partial charge is 0.422 e. The van der Waals surface area contributed by atoms with Gasteiger partial charge in [-0.25, -0.2) is 4.98 Å². The highest BCUT2D eigenvalue weighted by molar-refractivity contribution is 7.84. The zero-order chi connectivity index (χ0) is 21.9. The minimum absolute atomic E-state index is 0.0249. The highest BCUT2D eigenvalue weighted by Crippen LogP contribution is 2.25. The molecule has 12 heteroatoms. The van der Waals surface area contributed by atoms with Crippen LogP contribution in [0.2, 0.25) is 0 Å². The fourth-order valence-corrected chi connectivity index (χ4v) is 3.94. The Morgan fingerprint density at radius 1 is 1.27 bits per heavy atom. The Labute approximate surface area is 170 Å². The number of imidazole rings is 1. The minimum Gasteiger partial charge on any atom is -0.529 e. The number of hydrogen-bond donors (Lipinski definition) is 0. The van der Waals surface area contributed by atoms with E-state index in [0.29, 0.717) is 16.6 Å². The number of halogens is 3. The first kappa shape index (κ1) is 21.6. The van der Waals surface area contributed by atoms with Crippen molar-refractivity contribution in [2.75, 3.05) is 6.61 Å². The van der Waals surface area contributed by atoms with E-state index in [1.54, 1.807) is 24.3 Å². The van der Waals surface area contributed by atoms with Gasteiger partial charge in [0.25, 0.3) is 6.16 Å². The van der Waals surface area contributed by atoms with Gasteiger partial charge in [0.15, 0.2) is 6.61 Å². The van der Waals surface area contributed by atoms with Crippen LogP contribution in [0.1, 0.15) is 11.3 Å². The lowest BCUT2D eigenvalue weighted by molar-refractivity contribution is -0.286. The second-order valence-corrected chi connectivity index (χ2v) is 7.45. The van der Waals surface area contributed by atoms with Crippen molar-refractivity contribution in [3.63, 3.8) is 0 Å². The van der Waals surface area contributed by atoms with Crippen molar-refractivity contribution < 1.29 is 36.8 Å². The highest BCUT2D eigenvalue weighted by Gasteiger charge is 2.29. The molecule has 3 aromatic rings. The lowest BCUT2D eigenvalue weighted by Crippen LogP contribution is -2.25. The summed E-state index contributed by atoms with van der Waals surface area (Å²) in [5, 5.41) is 10.7. The predicted molar refractivity (Wildman–Crippen MR) is 96.9 cm³/mol. The Morgan fingerprint density at radius 3 is 2.70 bits per heavy atom. The molecule has 0 saturated carbocycles. The van der Waals surface area contributed by atoms with Gasteiger partial charge in [0.2, 0.25) is 5.16 Å². The van der Waals surface area contributed by atoms with Crippen LogP contribution in [0.25, 0.3) is 11.0 Å². The summed E-state index contributed by atoms with van der Waals surface area (Å²) in [6, 6.07) is 7.99. The van der Waals surface area contributed by atoms with E-state index in [-0.39, 0.29) is 22.4 Å². The minimum atomic E-state index is -4.50. The Hall–Kier alpha value is -3.15. The number of para-hydroxylation sites is 2. The molecular formula is C18H15F3N3O5S-. The summed E-state index contributed by atoms with van der Waals surface area (Å²) in [5.41, 5.74) is 1.53. The van der Waals surface area contributed by atoms with Gasteiger partial charge >= 0.3 is 6.18 Å². The van der Waals surface area contributed by atoms with E-state index in [0.717, 1.165) is 0 Å². The summed E-state index contributed by atoms with van der Waals surface area (Å²) >= 11 is 0. The van der Waals surface area contributed by atoms with Crippen LogP contribution in [0.4, 0.5) is 18.0 Å². The SMILES string of the molecule is Cc1c(OCC(F)(F)F)ccnc1C[S@@](=O)c1nc2ccccc2n1COC(=O)[O-]. The molecule has 0 unspecified atom stereocenters. The van der Waals surface area contributed by atoms with E-state index in [1.165, 1.54) is 23.8 Å². The number of carbonyl (C=O) groups is 1. The second kappa shape index (κ2) is 8.69. The molecule has 0 fully saturated rings. The number of alkyl halides is 3. The van der Waals surface area contributed by atoms with Gasteiger partial charge in [-0.2, -0.15) is 13.2 Å². The molecule has 1 atom stereocenters. The van der Waals surface area contributed by atoms with Crippen LogP contribution in [0.15, 0.2) is 41.7 Å². The largest absolute Gasteiger partial charge is 0.529 e. The Kier molecular flexibility index (Phi) is 6.25. The summed E-state index contributed by atoms with van der Waals surface area (Å²) < 4.78 is 60.8. The normalized spacial score (nSPS) is 12.7. The molecule has 30 heavy (non-hydrogen) atoms. The molecule has 0 radical (unpaired) electrons. The van der Waals surface area contributed by atoms with Crippen molar-refractivity contribution in [2.24, 2.45) is 0 Å². The average molecular weight is 442 g/mol. The van der Waals surface area contributed by atoms with Gasteiger partial charge < -0.3 is 19.4 Å². The number of nitrogens with zero attached hydrogens (tertiary/aromatic N) is 3. The number of hydrogen-bond acceptors (Lipinski definition) is 7. The van der Waals surface area contributed by atoms with E-state index < -0.39 is 36.5 Å². The molecule has 3 rings (SSSR count). The fourth-order valence-electron chi connectivity index (χ4n) is 2.68. The monoisotopic (exact) mass is 442 g/mol. The molecule has 160 valence electrons. The number of rotatable bonds is 7. The first-order chi connectivity index (χ1) is 14.2. The number of carboxylic acid groups (broad SMARTS) is 1. The van der Waals surface area contributed by atoms with E-state index in [2.05, 4.69) is 14.7 Å². The quantitative estimate of drug-likeness (QED) is 0.517. The fraction of sp³-hybridized carbons (Fsp3) is 0.278. The van der Waals surface area contributed by atoms with Gasteiger partial charge in [0, 0.05) is 11.8 Å². The van der Waals surface area contributed by atoms with Gasteiger partial charge in [-0.05, 0) is 25.1 Å². The second-order valence-electron chi connectivity index (χ2n) is 6.11. The zero-order valence-corrected chi connectivity index (χ0v) is 16.3. The van der Waals surface area contributed by atoms with Crippen LogP contribution in [0, 0.1) is 6.92 Å². The van der Waals surface area contributed by atoms with E-state index in [9.17, 15) is 27.3 Å². The lowest BCUT2D eigenvalue weighted by atomic mass is 10.2. The van der Waals surface area contributed by atoms with E-state index in [4.69, 9.17) is 4.74 Å². The first-order valence-corrected chi connectivity index (χ1v) is 9.79. The van der Waals surface area contributed by atoms with Gasteiger partial charge in [-0.1, -0.05) is 12.1 Å². The third-order valence-corrected chi connectivity index (χ3v) is 5.31. The Bertz CT molecular complexity index is 1100. The number of ether oxygens (including phenoxy) is 2. The molecule has 0 aliphatic rings. The molecule has 2 heterocycles. The van der Waals surface area contributed by atoms with Crippen LogP contribution in [0.3, 0.4) is 0 Å². The first-order valence-electron chi connectivity index (χ1n) is 8.47. The number of pyridine rings is 1. The average Bonchev–Trinajstić information content (AvgIpc) is 3.05. The summed E-state index contributed by atoms with van der Waals surface area (Å²) in [6.07, 6.45) is -4.99.